The van der Waals surface area contributed by atoms with Crippen molar-refractivity contribution in [3.05, 3.63) is 12.2 Å². The van der Waals surface area contributed by atoms with Gasteiger partial charge >= 0.3 is 13.8 Å². The van der Waals surface area contributed by atoms with Crippen LogP contribution >= 0.6 is 7.82 Å². The molecule has 2 N–H and O–H groups in total. The molecular formula is C16H33O6P. The largest absolute Gasteiger partial charge is 0.469 e. The van der Waals surface area contributed by atoms with E-state index in [1.165, 1.54) is 58.3 Å². The van der Waals surface area contributed by atoms with Crippen LogP contribution in [0.15, 0.2) is 12.2 Å². The highest BCUT2D eigenvalue weighted by molar-refractivity contribution is 7.46. The standard InChI is InChI=1S/C10H22.C6H11O6P/c1-3-5-7-9-10-8-6-4-2;1-5(2)6(7)11-3-4-12-13(8,9)10/h3-10H2,1-2H3;1,3-4H2,2H3,(H2,8,9,10). The molecule has 0 aromatic rings. The topological polar surface area (TPSA) is 93.1 Å². The Labute approximate surface area is 140 Å². The SMILES string of the molecule is C=C(C)C(=O)OCCOP(=O)(O)O.CCCCCCCCCC. The predicted molar refractivity (Wildman–Crippen MR) is 92.1 cm³/mol. The molecule has 0 aliphatic heterocycles. The number of phosphoric acid groups is 1. The van der Waals surface area contributed by atoms with Gasteiger partial charge in [-0.1, -0.05) is 71.8 Å². The number of hydrogen-bond donors (Lipinski definition) is 2. The van der Waals surface area contributed by atoms with Crippen molar-refractivity contribution in [1.29, 1.82) is 0 Å². The molecule has 0 aromatic heterocycles. The Morgan fingerprint density at radius 3 is 1.74 bits per heavy atom. The zero-order valence-corrected chi connectivity index (χ0v) is 15.6. The van der Waals surface area contributed by atoms with Gasteiger partial charge in [-0.2, -0.15) is 0 Å². The summed E-state index contributed by atoms with van der Waals surface area (Å²) in [6.45, 7) is 8.76. The van der Waals surface area contributed by atoms with Gasteiger partial charge in [0.05, 0.1) is 6.61 Å². The lowest BCUT2D eigenvalue weighted by Gasteiger charge is -2.05. The normalized spacial score (nSPS) is 10.7. The third-order valence-corrected chi connectivity index (χ3v) is 3.40. The Bertz CT molecular complexity index is 342. The molecule has 23 heavy (non-hydrogen) atoms. The van der Waals surface area contributed by atoms with Crippen molar-refractivity contribution in [3.8, 4) is 0 Å². The summed E-state index contributed by atoms with van der Waals surface area (Å²) in [5.41, 5.74) is 0.219. The number of ether oxygens (including phenoxy) is 1. The van der Waals surface area contributed by atoms with Gasteiger partial charge in [0.25, 0.3) is 0 Å². The number of phosphoric ester groups is 1. The second kappa shape index (κ2) is 16.2. The Morgan fingerprint density at radius 2 is 1.39 bits per heavy atom. The molecule has 0 fully saturated rings. The summed E-state index contributed by atoms with van der Waals surface area (Å²) in [5.74, 6) is -0.616. The first-order valence-electron chi connectivity index (χ1n) is 8.27. The molecule has 0 radical (unpaired) electrons. The Balaban J connectivity index is 0. The highest BCUT2D eigenvalue weighted by atomic mass is 31.2. The lowest BCUT2D eigenvalue weighted by Crippen LogP contribution is -2.10. The maximum absolute atomic E-state index is 10.7. The van der Waals surface area contributed by atoms with Crippen LogP contribution in [0.5, 0.6) is 0 Å². The predicted octanol–water partition coefficient (Wildman–Crippen LogP) is 4.36. The Kier molecular flexibility index (Phi) is 17.3. The first kappa shape index (κ1) is 24.6. The molecule has 0 saturated heterocycles. The van der Waals surface area contributed by atoms with Crippen LogP contribution in [0.4, 0.5) is 0 Å². The lowest BCUT2D eigenvalue weighted by molar-refractivity contribution is -0.139. The molecular weight excluding hydrogens is 319 g/mol. The molecule has 0 bridgehead atoms. The van der Waals surface area contributed by atoms with Gasteiger partial charge in [-0.15, -0.1) is 0 Å². The van der Waals surface area contributed by atoms with Gasteiger partial charge in [0.1, 0.15) is 6.61 Å². The third-order valence-electron chi connectivity index (χ3n) is 2.88. The van der Waals surface area contributed by atoms with E-state index < -0.39 is 13.8 Å². The summed E-state index contributed by atoms with van der Waals surface area (Å²) < 4.78 is 18.6. The van der Waals surface area contributed by atoms with Crippen molar-refractivity contribution in [2.75, 3.05) is 13.2 Å². The maximum atomic E-state index is 10.7. The van der Waals surface area contributed by atoms with Gasteiger partial charge in [0, 0.05) is 5.57 Å². The number of unbranched alkanes of at least 4 members (excludes halogenated alkanes) is 7. The van der Waals surface area contributed by atoms with Gasteiger partial charge in [-0.3, -0.25) is 4.52 Å². The molecule has 0 aliphatic carbocycles. The van der Waals surface area contributed by atoms with Gasteiger partial charge in [0.15, 0.2) is 0 Å². The minimum Gasteiger partial charge on any atom is -0.460 e. The van der Waals surface area contributed by atoms with Crippen LogP contribution < -0.4 is 0 Å². The quantitative estimate of drug-likeness (QED) is 0.235. The van der Waals surface area contributed by atoms with E-state index in [0.29, 0.717) is 0 Å². The first-order valence-corrected chi connectivity index (χ1v) is 9.80. The second-order valence-electron chi connectivity index (χ2n) is 5.36. The molecule has 0 heterocycles. The summed E-state index contributed by atoms with van der Waals surface area (Å²) in [4.78, 5) is 27.1. The number of carbonyl (C=O) groups is 1. The molecule has 0 rings (SSSR count). The van der Waals surface area contributed by atoms with Gasteiger partial charge in [0.2, 0.25) is 0 Å². The molecule has 0 unspecified atom stereocenters. The van der Waals surface area contributed by atoms with Crippen molar-refractivity contribution in [1.82, 2.24) is 0 Å². The fraction of sp³-hybridized carbons (Fsp3) is 0.812. The van der Waals surface area contributed by atoms with Crippen LogP contribution in [-0.4, -0.2) is 29.0 Å². The zero-order chi connectivity index (χ0) is 18.1. The van der Waals surface area contributed by atoms with Crippen LogP contribution in [-0.2, 0) is 18.6 Å². The van der Waals surface area contributed by atoms with E-state index in [9.17, 15) is 9.36 Å². The lowest BCUT2D eigenvalue weighted by atomic mass is 10.1. The maximum Gasteiger partial charge on any atom is 0.469 e. The summed E-state index contributed by atoms with van der Waals surface area (Å²) in [6, 6.07) is 0. The van der Waals surface area contributed by atoms with Crippen molar-refractivity contribution >= 4 is 13.8 Å². The monoisotopic (exact) mass is 352 g/mol. The van der Waals surface area contributed by atoms with Crippen LogP contribution in [0.25, 0.3) is 0 Å². The number of esters is 1. The van der Waals surface area contributed by atoms with Gasteiger partial charge < -0.3 is 14.5 Å². The zero-order valence-electron chi connectivity index (χ0n) is 14.8. The van der Waals surface area contributed by atoms with E-state index in [2.05, 4.69) is 29.7 Å². The highest BCUT2D eigenvalue weighted by Gasteiger charge is 2.13. The van der Waals surface area contributed by atoms with E-state index in [-0.39, 0.29) is 18.8 Å². The van der Waals surface area contributed by atoms with Crippen molar-refractivity contribution < 1.29 is 28.4 Å². The van der Waals surface area contributed by atoms with Crippen molar-refractivity contribution in [3.63, 3.8) is 0 Å². The van der Waals surface area contributed by atoms with E-state index in [0.717, 1.165) is 0 Å². The van der Waals surface area contributed by atoms with Crippen LogP contribution in [0, 0.1) is 0 Å². The van der Waals surface area contributed by atoms with Crippen molar-refractivity contribution in [2.24, 2.45) is 0 Å². The first-order chi connectivity index (χ1) is 10.7. The van der Waals surface area contributed by atoms with Crippen LogP contribution in [0.1, 0.15) is 72.1 Å². The van der Waals surface area contributed by atoms with E-state index in [1.54, 1.807) is 0 Å². The van der Waals surface area contributed by atoms with Crippen molar-refractivity contribution in [2.45, 2.75) is 72.1 Å². The molecule has 0 aromatic carbocycles. The molecule has 0 aliphatic rings. The van der Waals surface area contributed by atoms with E-state index in [4.69, 9.17) is 9.79 Å². The van der Waals surface area contributed by atoms with E-state index >= 15 is 0 Å². The molecule has 0 spiro atoms. The molecule has 0 amide bonds. The average Bonchev–Trinajstić information content (AvgIpc) is 2.46. The molecule has 138 valence electrons. The number of rotatable bonds is 12. The number of carbonyl (C=O) groups excluding carboxylic acids is 1. The average molecular weight is 352 g/mol. The number of hydrogen-bond acceptors (Lipinski definition) is 4. The summed E-state index contributed by atoms with van der Waals surface area (Å²) in [6.07, 6.45) is 11.5. The van der Waals surface area contributed by atoms with Crippen LogP contribution in [0.3, 0.4) is 0 Å². The fourth-order valence-electron chi connectivity index (χ4n) is 1.62. The second-order valence-corrected chi connectivity index (χ2v) is 6.60. The minimum absolute atomic E-state index is 0.212. The Hall–Kier alpha value is -0.680. The van der Waals surface area contributed by atoms with E-state index in [1.807, 2.05) is 0 Å². The Morgan fingerprint density at radius 1 is 0.957 bits per heavy atom. The molecule has 0 atom stereocenters. The van der Waals surface area contributed by atoms with Crippen LogP contribution in [0.2, 0.25) is 0 Å². The smallest absolute Gasteiger partial charge is 0.460 e. The molecule has 0 saturated carbocycles. The van der Waals surface area contributed by atoms with Gasteiger partial charge in [-0.25, -0.2) is 9.36 Å². The van der Waals surface area contributed by atoms with Gasteiger partial charge in [-0.05, 0) is 6.92 Å². The minimum atomic E-state index is -4.46. The summed E-state index contributed by atoms with van der Waals surface area (Å²) >= 11 is 0. The highest BCUT2D eigenvalue weighted by Crippen LogP contribution is 2.35. The molecule has 6 nitrogen and oxygen atoms in total. The molecule has 7 heteroatoms. The third kappa shape index (κ3) is 23.7. The summed E-state index contributed by atoms with van der Waals surface area (Å²) in [5, 5.41) is 0. The fourth-order valence-corrected chi connectivity index (χ4v) is 1.93. The summed E-state index contributed by atoms with van der Waals surface area (Å²) in [7, 11) is -4.46.